The zero-order chi connectivity index (χ0) is 12.7. The van der Waals surface area contributed by atoms with Gasteiger partial charge in [-0.3, -0.25) is 9.78 Å². The zero-order valence-electron chi connectivity index (χ0n) is 10.8. The summed E-state index contributed by atoms with van der Waals surface area (Å²) in [5.74, 6) is 0.0773. The monoisotopic (exact) mass is 236 g/mol. The maximum absolute atomic E-state index is 11.4. The van der Waals surface area contributed by atoms with E-state index < -0.39 is 0 Å². The van der Waals surface area contributed by atoms with Crippen LogP contribution in [0.25, 0.3) is 0 Å². The van der Waals surface area contributed by atoms with Crippen LogP contribution in [0.4, 0.5) is 5.69 Å². The van der Waals surface area contributed by atoms with E-state index in [1.807, 2.05) is 27.0 Å². The van der Waals surface area contributed by atoms with Gasteiger partial charge in [0.2, 0.25) is 0 Å². The Morgan fingerprint density at radius 1 is 1.41 bits per heavy atom. The molecule has 0 aromatic carbocycles. The minimum Gasteiger partial charge on any atom is -0.380 e. The molecule has 0 spiro atoms. The predicted octanol–water partition coefficient (Wildman–Crippen LogP) is 2.15. The van der Waals surface area contributed by atoms with Gasteiger partial charge in [-0.25, -0.2) is 0 Å². The first-order valence-corrected chi connectivity index (χ1v) is 5.97. The van der Waals surface area contributed by atoms with Crippen LogP contribution in [0.5, 0.6) is 0 Å². The van der Waals surface area contributed by atoms with Gasteiger partial charge in [-0.05, 0) is 19.1 Å². The van der Waals surface area contributed by atoms with E-state index in [9.17, 15) is 4.79 Å². The van der Waals surface area contributed by atoms with Crippen molar-refractivity contribution in [3.8, 4) is 0 Å². The van der Waals surface area contributed by atoms with Crippen molar-refractivity contribution in [2.45, 2.75) is 20.3 Å². The summed E-state index contributed by atoms with van der Waals surface area (Å²) < 4.78 is 5.29. The van der Waals surface area contributed by atoms with E-state index in [1.54, 1.807) is 12.3 Å². The molecule has 1 aromatic heterocycles. The van der Waals surface area contributed by atoms with Crippen LogP contribution < -0.4 is 4.90 Å². The largest absolute Gasteiger partial charge is 0.380 e. The van der Waals surface area contributed by atoms with Gasteiger partial charge < -0.3 is 9.64 Å². The minimum absolute atomic E-state index is 0.0773. The Morgan fingerprint density at radius 2 is 2.18 bits per heavy atom. The second kappa shape index (κ2) is 7.01. The first kappa shape index (κ1) is 13.6. The van der Waals surface area contributed by atoms with Gasteiger partial charge in [0.05, 0.1) is 18.5 Å². The maximum atomic E-state index is 11.4. The van der Waals surface area contributed by atoms with E-state index in [1.165, 1.54) is 0 Å². The van der Waals surface area contributed by atoms with E-state index in [0.29, 0.717) is 18.7 Å². The summed E-state index contributed by atoms with van der Waals surface area (Å²) in [5, 5.41) is 0. The molecule has 0 amide bonds. The Kier molecular flexibility index (Phi) is 5.63. The molecule has 0 atom stereocenters. The first-order valence-electron chi connectivity index (χ1n) is 5.97. The smallest absolute Gasteiger partial charge is 0.180 e. The zero-order valence-corrected chi connectivity index (χ0v) is 10.8. The molecule has 1 rings (SSSR count). The minimum atomic E-state index is 0.0773. The lowest BCUT2D eigenvalue weighted by molar-refractivity contribution is 0.0983. The van der Waals surface area contributed by atoms with Gasteiger partial charge in [0.1, 0.15) is 5.69 Å². The third-order valence-electron chi connectivity index (χ3n) is 2.57. The van der Waals surface area contributed by atoms with Crippen LogP contribution in [0.15, 0.2) is 18.3 Å². The molecule has 94 valence electrons. The van der Waals surface area contributed by atoms with Gasteiger partial charge in [-0.2, -0.15) is 0 Å². The third kappa shape index (κ3) is 4.15. The summed E-state index contributed by atoms with van der Waals surface area (Å²) in [6, 6.07) is 3.69. The number of likely N-dealkylation sites (N-methyl/N-ethyl adjacent to an activating group) is 1. The molecule has 0 aliphatic carbocycles. The number of carbonyl (C=O) groups excluding carboxylic acids is 1. The summed E-state index contributed by atoms with van der Waals surface area (Å²) in [6.07, 6.45) is 2.22. The van der Waals surface area contributed by atoms with Gasteiger partial charge in [0.25, 0.3) is 0 Å². The van der Waals surface area contributed by atoms with Gasteiger partial charge in [0.15, 0.2) is 5.78 Å². The van der Waals surface area contributed by atoms with E-state index in [0.717, 1.165) is 18.8 Å². The molecule has 0 radical (unpaired) electrons. The Labute approximate surface area is 103 Å². The van der Waals surface area contributed by atoms with E-state index in [-0.39, 0.29) is 5.78 Å². The number of ketones is 1. The molecule has 0 saturated carbocycles. The van der Waals surface area contributed by atoms with Crippen molar-refractivity contribution in [1.29, 1.82) is 0 Å². The topological polar surface area (TPSA) is 42.4 Å². The van der Waals surface area contributed by atoms with Crippen LogP contribution >= 0.6 is 0 Å². The molecule has 0 aliphatic heterocycles. The molecule has 0 fully saturated rings. The van der Waals surface area contributed by atoms with Gasteiger partial charge in [-0.15, -0.1) is 0 Å². The van der Waals surface area contributed by atoms with Crippen LogP contribution in [-0.2, 0) is 4.74 Å². The van der Waals surface area contributed by atoms with Gasteiger partial charge >= 0.3 is 0 Å². The Bertz CT molecular complexity index is 349. The number of aromatic nitrogens is 1. The molecule has 0 bridgehead atoms. The lowest BCUT2D eigenvalue weighted by Gasteiger charge is -2.18. The summed E-state index contributed by atoms with van der Waals surface area (Å²) >= 11 is 0. The fourth-order valence-corrected chi connectivity index (χ4v) is 1.43. The van der Waals surface area contributed by atoms with Crippen molar-refractivity contribution in [3.63, 3.8) is 0 Å². The summed E-state index contributed by atoms with van der Waals surface area (Å²) in [5.41, 5.74) is 1.53. The number of anilines is 1. The molecular formula is C13H20N2O2. The van der Waals surface area contributed by atoms with Crippen LogP contribution in [-0.4, -0.2) is 37.6 Å². The van der Waals surface area contributed by atoms with Gasteiger partial charge in [0, 0.05) is 26.6 Å². The SMILES string of the molecule is CCOCCN(C)c1ccc(C(=O)CC)nc1. The highest BCUT2D eigenvalue weighted by Gasteiger charge is 2.06. The van der Waals surface area contributed by atoms with Crippen molar-refractivity contribution in [2.24, 2.45) is 0 Å². The number of Topliss-reactive ketones (excluding diaryl/α,β-unsaturated/α-hetero) is 1. The fraction of sp³-hybridized carbons (Fsp3) is 0.538. The van der Waals surface area contributed by atoms with Crippen molar-refractivity contribution < 1.29 is 9.53 Å². The fourth-order valence-electron chi connectivity index (χ4n) is 1.43. The Morgan fingerprint density at radius 3 is 2.71 bits per heavy atom. The number of hydrogen-bond donors (Lipinski definition) is 0. The van der Waals surface area contributed by atoms with E-state index in [4.69, 9.17) is 4.74 Å². The first-order chi connectivity index (χ1) is 8.19. The maximum Gasteiger partial charge on any atom is 0.180 e. The lowest BCUT2D eigenvalue weighted by Crippen LogP contribution is -2.22. The molecular weight excluding hydrogens is 216 g/mol. The molecule has 1 heterocycles. The number of hydrogen-bond acceptors (Lipinski definition) is 4. The van der Waals surface area contributed by atoms with E-state index >= 15 is 0 Å². The highest BCUT2D eigenvalue weighted by atomic mass is 16.5. The Balaban J connectivity index is 2.57. The number of nitrogens with zero attached hydrogens (tertiary/aromatic N) is 2. The summed E-state index contributed by atoms with van der Waals surface area (Å²) in [7, 11) is 1.98. The second-order valence-corrected chi connectivity index (χ2v) is 3.80. The number of ether oxygens (including phenoxy) is 1. The molecule has 4 nitrogen and oxygen atoms in total. The molecule has 0 N–H and O–H groups in total. The van der Waals surface area contributed by atoms with Crippen LogP contribution in [0.1, 0.15) is 30.8 Å². The second-order valence-electron chi connectivity index (χ2n) is 3.80. The Hall–Kier alpha value is -1.42. The normalized spacial score (nSPS) is 10.3. The molecule has 0 unspecified atom stereocenters. The quantitative estimate of drug-likeness (QED) is 0.537. The molecule has 0 saturated heterocycles. The highest BCUT2D eigenvalue weighted by Crippen LogP contribution is 2.11. The highest BCUT2D eigenvalue weighted by molar-refractivity contribution is 5.94. The van der Waals surface area contributed by atoms with Crippen molar-refractivity contribution in [3.05, 3.63) is 24.0 Å². The average Bonchev–Trinajstić information content (AvgIpc) is 2.38. The molecule has 1 aromatic rings. The summed E-state index contributed by atoms with van der Waals surface area (Å²) in [4.78, 5) is 17.6. The molecule has 17 heavy (non-hydrogen) atoms. The number of rotatable bonds is 7. The summed E-state index contributed by atoms with van der Waals surface area (Å²) in [6.45, 7) is 6.06. The van der Waals surface area contributed by atoms with Crippen LogP contribution in [0.3, 0.4) is 0 Å². The van der Waals surface area contributed by atoms with Crippen molar-refractivity contribution in [2.75, 3.05) is 31.7 Å². The number of pyridine rings is 1. The third-order valence-corrected chi connectivity index (χ3v) is 2.57. The van der Waals surface area contributed by atoms with E-state index in [2.05, 4.69) is 9.88 Å². The predicted molar refractivity (Wildman–Crippen MR) is 68.6 cm³/mol. The standard InChI is InChI=1S/C13H20N2O2/c1-4-13(16)12-7-6-11(10-14-12)15(3)8-9-17-5-2/h6-7,10H,4-5,8-9H2,1-3H3. The average molecular weight is 236 g/mol. The lowest BCUT2D eigenvalue weighted by atomic mass is 10.2. The van der Waals surface area contributed by atoms with Gasteiger partial charge in [-0.1, -0.05) is 6.92 Å². The number of carbonyl (C=O) groups is 1. The molecule has 4 heteroatoms. The van der Waals surface area contributed by atoms with Crippen LogP contribution in [0, 0.1) is 0 Å². The van der Waals surface area contributed by atoms with Crippen molar-refractivity contribution in [1.82, 2.24) is 4.98 Å². The van der Waals surface area contributed by atoms with Crippen LogP contribution in [0.2, 0.25) is 0 Å². The van der Waals surface area contributed by atoms with Crippen molar-refractivity contribution >= 4 is 11.5 Å². The molecule has 0 aliphatic rings.